The number of halogens is 2. The molecule has 0 radical (unpaired) electrons. The Balaban J connectivity index is 1.79. The van der Waals surface area contributed by atoms with Crippen LogP contribution in [0.1, 0.15) is 26.8 Å². The molecule has 0 amide bonds. The van der Waals surface area contributed by atoms with E-state index in [-0.39, 0.29) is 6.61 Å². The molecule has 0 N–H and O–H groups in total. The third-order valence-electron chi connectivity index (χ3n) is 5.23. The zero-order valence-corrected chi connectivity index (χ0v) is 23.4. The molecular weight excluding hydrogens is 579 g/mol. The summed E-state index contributed by atoms with van der Waals surface area (Å²) < 4.78 is 24.3. The highest BCUT2D eigenvalue weighted by Crippen LogP contribution is 2.42. The summed E-state index contributed by atoms with van der Waals surface area (Å²) in [4.78, 5) is 40.9. The van der Waals surface area contributed by atoms with Crippen LogP contribution < -0.4 is 0 Å². The van der Waals surface area contributed by atoms with Gasteiger partial charge in [0, 0.05) is 47.3 Å². The molecule has 0 saturated carbocycles. The van der Waals surface area contributed by atoms with Crippen LogP contribution in [-0.2, 0) is 33.3 Å². The van der Waals surface area contributed by atoms with Crippen LogP contribution in [0.2, 0.25) is 10.0 Å². The van der Waals surface area contributed by atoms with Crippen molar-refractivity contribution in [2.24, 2.45) is 0 Å². The number of ether oxygens (including phenoxy) is 4. The topological polar surface area (TPSA) is 132 Å². The van der Waals surface area contributed by atoms with Gasteiger partial charge in [-0.1, -0.05) is 40.2 Å². The predicted molar refractivity (Wildman–Crippen MR) is 139 cm³/mol. The van der Waals surface area contributed by atoms with E-state index in [9.17, 15) is 14.4 Å². The van der Waals surface area contributed by atoms with Gasteiger partial charge in [0.2, 0.25) is 0 Å². The molecular formula is C23H22Cl2N4O7S2. The molecule has 1 aliphatic heterocycles. The van der Waals surface area contributed by atoms with Crippen molar-refractivity contribution in [3.63, 3.8) is 0 Å². The average Bonchev–Trinajstić information content (AvgIpc) is 3.50. The Bertz CT molecular complexity index is 1290. The summed E-state index contributed by atoms with van der Waals surface area (Å²) >= 11 is 14.9. The van der Waals surface area contributed by atoms with Crippen LogP contribution in [0, 0.1) is 0 Å². The molecule has 5 atom stereocenters. The first kappa shape index (κ1) is 28.3. The fourth-order valence-electron chi connectivity index (χ4n) is 3.88. The number of nitrogens with zero attached hydrogens (tertiary/aromatic N) is 4. The third-order valence-corrected chi connectivity index (χ3v) is 7.58. The summed E-state index contributed by atoms with van der Waals surface area (Å²) in [6.45, 7) is 3.50. The molecule has 0 bridgehead atoms. The zero-order chi connectivity index (χ0) is 27.4. The van der Waals surface area contributed by atoms with Crippen LogP contribution in [0.15, 0.2) is 40.9 Å². The lowest BCUT2D eigenvalue weighted by molar-refractivity contribution is -0.212. The van der Waals surface area contributed by atoms with Crippen molar-refractivity contribution in [1.82, 2.24) is 20.0 Å². The molecule has 1 fully saturated rings. The fourth-order valence-corrected chi connectivity index (χ4v) is 6.33. The Morgan fingerprint density at radius 2 is 1.74 bits per heavy atom. The second kappa shape index (κ2) is 12.4. The van der Waals surface area contributed by atoms with Gasteiger partial charge in [0.15, 0.2) is 12.2 Å². The number of esters is 3. The van der Waals surface area contributed by atoms with E-state index in [1.807, 2.05) is 0 Å². The minimum Gasteiger partial charge on any atom is -0.463 e. The van der Waals surface area contributed by atoms with Crippen LogP contribution in [0.3, 0.4) is 0 Å². The smallest absolute Gasteiger partial charge is 0.303 e. The molecule has 2 aromatic heterocycles. The number of carbonyl (C=O) groups excluding carboxylic acids is 3. The standard InChI is InChI=1S/C23H22Cl2N4O7S2/c1-11(30)33-10-18-20(34-12(2)31)19(29-9-17(27-28-29)22-26-4-5-37-22)21(35-13(3)32)23(36-18)38-16-7-14(24)6-15(25)8-16/h4-9,18-21,23H,10H2,1-3H3. The first-order chi connectivity index (χ1) is 18.1. The average molecular weight is 601 g/mol. The third kappa shape index (κ3) is 7.03. The lowest BCUT2D eigenvalue weighted by atomic mass is 9.96. The van der Waals surface area contributed by atoms with Gasteiger partial charge in [-0.05, 0) is 18.2 Å². The van der Waals surface area contributed by atoms with Crippen molar-refractivity contribution in [1.29, 1.82) is 0 Å². The van der Waals surface area contributed by atoms with Crippen molar-refractivity contribution in [2.45, 2.75) is 55.5 Å². The van der Waals surface area contributed by atoms with E-state index in [1.165, 1.54) is 48.6 Å². The van der Waals surface area contributed by atoms with Gasteiger partial charge in [-0.25, -0.2) is 9.67 Å². The van der Waals surface area contributed by atoms with E-state index in [2.05, 4.69) is 15.3 Å². The van der Waals surface area contributed by atoms with Crippen LogP contribution in [-0.4, -0.2) is 68.2 Å². The van der Waals surface area contributed by atoms with Gasteiger partial charge < -0.3 is 18.9 Å². The zero-order valence-electron chi connectivity index (χ0n) is 20.3. The van der Waals surface area contributed by atoms with Gasteiger partial charge in [0.25, 0.3) is 0 Å². The Morgan fingerprint density at radius 3 is 2.34 bits per heavy atom. The summed E-state index contributed by atoms with van der Waals surface area (Å²) in [7, 11) is 0. The highest BCUT2D eigenvalue weighted by Gasteiger charge is 2.52. The lowest BCUT2D eigenvalue weighted by Crippen LogP contribution is -2.57. The maximum atomic E-state index is 12.3. The molecule has 5 unspecified atom stereocenters. The van der Waals surface area contributed by atoms with E-state index >= 15 is 0 Å². The van der Waals surface area contributed by atoms with E-state index in [1.54, 1.807) is 36.0 Å². The number of rotatable bonds is 8. The largest absolute Gasteiger partial charge is 0.463 e. The molecule has 3 aromatic rings. The molecule has 15 heteroatoms. The number of aromatic nitrogens is 4. The monoisotopic (exact) mass is 600 g/mol. The summed E-state index contributed by atoms with van der Waals surface area (Å²) in [5.41, 5.74) is -0.407. The first-order valence-corrected chi connectivity index (χ1v) is 13.7. The Morgan fingerprint density at radius 1 is 1.05 bits per heavy atom. The van der Waals surface area contributed by atoms with E-state index in [0.29, 0.717) is 25.6 Å². The number of thiazole rings is 1. The van der Waals surface area contributed by atoms with Crippen molar-refractivity contribution in [3.8, 4) is 10.7 Å². The summed E-state index contributed by atoms with van der Waals surface area (Å²) in [5, 5.41) is 11.7. The Hall–Kier alpha value is -2.71. The quantitative estimate of drug-likeness (QED) is 0.272. The molecule has 38 heavy (non-hydrogen) atoms. The Kier molecular flexibility index (Phi) is 9.26. The molecule has 1 aliphatic rings. The second-order valence-corrected chi connectivity index (χ2v) is 11.1. The van der Waals surface area contributed by atoms with Gasteiger partial charge in [0.05, 0.1) is 6.20 Å². The summed E-state index contributed by atoms with van der Waals surface area (Å²) in [6.07, 6.45) is 0.206. The van der Waals surface area contributed by atoms with E-state index in [4.69, 9.17) is 42.1 Å². The lowest BCUT2D eigenvalue weighted by Gasteiger charge is -2.44. The molecule has 0 aliphatic carbocycles. The van der Waals surface area contributed by atoms with Crippen LogP contribution in [0.25, 0.3) is 10.7 Å². The number of hydrogen-bond donors (Lipinski definition) is 0. The molecule has 1 saturated heterocycles. The van der Waals surface area contributed by atoms with Crippen molar-refractivity contribution >= 4 is 64.2 Å². The van der Waals surface area contributed by atoms with E-state index < -0.39 is 47.7 Å². The molecule has 3 heterocycles. The fraction of sp³-hybridized carbons (Fsp3) is 0.391. The van der Waals surface area contributed by atoms with Gasteiger partial charge in [-0.3, -0.25) is 14.4 Å². The molecule has 11 nitrogen and oxygen atoms in total. The van der Waals surface area contributed by atoms with Crippen molar-refractivity contribution in [3.05, 3.63) is 46.0 Å². The van der Waals surface area contributed by atoms with Crippen molar-refractivity contribution in [2.75, 3.05) is 6.61 Å². The van der Waals surface area contributed by atoms with Gasteiger partial charge in [0.1, 0.15) is 34.9 Å². The number of hydrogen-bond acceptors (Lipinski definition) is 12. The van der Waals surface area contributed by atoms with Crippen LogP contribution >= 0.6 is 46.3 Å². The minimum absolute atomic E-state index is 0.238. The minimum atomic E-state index is -1.07. The summed E-state index contributed by atoms with van der Waals surface area (Å²) in [5.74, 6) is -1.77. The first-order valence-electron chi connectivity index (χ1n) is 11.2. The molecule has 1 aromatic carbocycles. The summed E-state index contributed by atoms with van der Waals surface area (Å²) in [6, 6.07) is 4.02. The highest BCUT2D eigenvalue weighted by atomic mass is 35.5. The maximum Gasteiger partial charge on any atom is 0.303 e. The van der Waals surface area contributed by atoms with Gasteiger partial charge >= 0.3 is 17.9 Å². The SMILES string of the molecule is CC(=O)OCC1OC(Sc2cc(Cl)cc(Cl)c2)C(OC(C)=O)C(n2cc(-c3nccs3)nn2)C1OC(C)=O. The van der Waals surface area contributed by atoms with Crippen LogP contribution in [0.4, 0.5) is 0 Å². The molecule has 202 valence electrons. The van der Waals surface area contributed by atoms with E-state index in [0.717, 1.165) is 0 Å². The Labute approximate surface area is 235 Å². The second-order valence-electron chi connectivity index (χ2n) is 8.13. The normalized spacial score (nSPS) is 23.0. The predicted octanol–water partition coefficient (Wildman–Crippen LogP) is 4.19. The maximum absolute atomic E-state index is 12.3. The number of carbonyl (C=O) groups is 3. The van der Waals surface area contributed by atoms with Gasteiger partial charge in [-0.2, -0.15) is 0 Å². The number of thioether (sulfide) groups is 1. The molecule has 0 spiro atoms. The highest BCUT2D eigenvalue weighted by molar-refractivity contribution is 7.99. The van der Waals surface area contributed by atoms with Gasteiger partial charge in [-0.15, -0.1) is 16.4 Å². The van der Waals surface area contributed by atoms with Crippen LogP contribution in [0.5, 0.6) is 0 Å². The molecule has 4 rings (SSSR count). The number of benzene rings is 1. The van der Waals surface area contributed by atoms with Crippen molar-refractivity contribution < 1.29 is 33.3 Å².